The number of aryl methyl sites for hydroxylation is 1. The summed E-state index contributed by atoms with van der Waals surface area (Å²) in [7, 11) is 0. The van der Waals surface area contributed by atoms with Crippen molar-refractivity contribution in [3.63, 3.8) is 0 Å². The average molecular weight is 205 g/mol. The number of aliphatic hydroxyl groups is 2. The highest BCUT2D eigenvalue weighted by Gasteiger charge is 2.04. The predicted octanol–water partition coefficient (Wildman–Crippen LogP) is 1.38. The second kappa shape index (κ2) is 4.47. The summed E-state index contributed by atoms with van der Waals surface area (Å²) in [6.07, 6.45) is 1.97. The first kappa shape index (κ1) is 10.2. The van der Waals surface area contributed by atoms with Gasteiger partial charge in [-0.1, -0.05) is 18.2 Å². The van der Waals surface area contributed by atoms with E-state index < -0.39 is 6.10 Å². The molecule has 2 aromatic rings. The summed E-state index contributed by atoms with van der Waals surface area (Å²) in [6, 6.07) is 10.2. The lowest BCUT2D eigenvalue weighted by Crippen LogP contribution is -2.14. The van der Waals surface area contributed by atoms with Crippen molar-refractivity contribution in [2.24, 2.45) is 0 Å². The Balaban J connectivity index is 2.14. The van der Waals surface area contributed by atoms with Gasteiger partial charge in [0, 0.05) is 18.3 Å². The van der Waals surface area contributed by atoms with E-state index in [1.807, 2.05) is 18.3 Å². The van der Waals surface area contributed by atoms with Gasteiger partial charge in [-0.05, 0) is 23.9 Å². The molecule has 3 heteroatoms. The minimum Gasteiger partial charge on any atom is -0.394 e. The molecular weight excluding hydrogens is 190 g/mol. The molecule has 0 aliphatic heterocycles. The van der Waals surface area contributed by atoms with Gasteiger partial charge in [0.25, 0.3) is 0 Å². The lowest BCUT2D eigenvalue weighted by molar-refractivity contribution is 0.0849. The quantitative estimate of drug-likeness (QED) is 0.792. The maximum Gasteiger partial charge on any atom is 0.0787 e. The number of para-hydroxylation sites is 1. The normalized spacial score (nSPS) is 13.2. The molecule has 0 saturated carbocycles. The Morgan fingerprint density at radius 3 is 2.80 bits per heavy atom. The van der Waals surface area contributed by atoms with Gasteiger partial charge in [0.05, 0.1) is 12.7 Å². The van der Waals surface area contributed by atoms with Gasteiger partial charge in [0.2, 0.25) is 0 Å². The Hall–Kier alpha value is -1.32. The van der Waals surface area contributed by atoms with Crippen LogP contribution in [0.25, 0.3) is 10.9 Å². The lowest BCUT2D eigenvalue weighted by atomic mass is 10.2. The van der Waals surface area contributed by atoms with E-state index in [0.29, 0.717) is 6.42 Å². The summed E-state index contributed by atoms with van der Waals surface area (Å²) in [5, 5.41) is 19.2. The molecule has 1 aromatic carbocycles. The van der Waals surface area contributed by atoms with Gasteiger partial charge < -0.3 is 14.8 Å². The topological polar surface area (TPSA) is 45.4 Å². The minimum absolute atomic E-state index is 0.167. The van der Waals surface area contributed by atoms with Crippen LogP contribution in [0.15, 0.2) is 36.5 Å². The summed E-state index contributed by atoms with van der Waals surface area (Å²) in [6.45, 7) is 0.564. The van der Waals surface area contributed by atoms with E-state index in [1.54, 1.807) is 0 Å². The van der Waals surface area contributed by atoms with Crippen molar-refractivity contribution < 1.29 is 10.2 Å². The first-order valence-electron chi connectivity index (χ1n) is 5.14. The molecule has 0 aliphatic rings. The number of aromatic nitrogens is 1. The number of hydrogen-bond donors (Lipinski definition) is 2. The van der Waals surface area contributed by atoms with E-state index in [2.05, 4.69) is 22.8 Å². The highest BCUT2D eigenvalue weighted by Crippen LogP contribution is 2.15. The van der Waals surface area contributed by atoms with Crippen molar-refractivity contribution in [3.8, 4) is 0 Å². The molecule has 0 aliphatic carbocycles. The van der Waals surface area contributed by atoms with E-state index in [-0.39, 0.29) is 6.61 Å². The predicted molar refractivity (Wildman–Crippen MR) is 59.6 cm³/mol. The molecule has 1 atom stereocenters. The molecule has 1 aromatic heterocycles. The third-order valence-electron chi connectivity index (χ3n) is 2.59. The summed E-state index contributed by atoms with van der Waals surface area (Å²) >= 11 is 0. The molecule has 2 N–H and O–H groups in total. The zero-order valence-corrected chi connectivity index (χ0v) is 8.50. The molecule has 0 radical (unpaired) electrons. The van der Waals surface area contributed by atoms with Crippen LogP contribution in [-0.2, 0) is 6.54 Å². The second-order valence-corrected chi connectivity index (χ2v) is 3.69. The monoisotopic (exact) mass is 205 g/mol. The first-order valence-corrected chi connectivity index (χ1v) is 5.14. The van der Waals surface area contributed by atoms with Crippen LogP contribution < -0.4 is 0 Å². The highest BCUT2D eigenvalue weighted by atomic mass is 16.3. The fourth-order valence-corrected chi connectivity index (χ4v) is 1.71. The Bertz CT molecular complexity index is 436. The van der Waals surface area contributed by atoms with Crippen molar-refractivity contribution in [1.29, 1.82) is 0 Å². The highest BCUT2D eigenvalue weighted by molar-refractivity contribution is 5.79. The molecular formula is C12H15NO2. The average Bonchev–Trinajstić information content (AvgIpc) is 2.69. The van der Waals surface area contributed by atoms with Crippen LogP contribution in [-0.4, -0.2) is 27.5 Å². The minimum atomic E-state index is -0.619. The molecule has 1 heterocycles. The van der Waals surface area contributed by atoms with Gasteiger partial charge in [0.1, 0.15) is 0 Å². The maximum atomic E-state index is 9.27. The van der Waals surface area contributed by atoms with Crippen molar-refractivity contribution in [3.05, 3.63) is 36.5 Å². The number of nitrogens with zero attached hydrogens (tertiary/aromatic N) is 1. The van der Waals surface area contributed by atoms with Crippen LogP contribution in [0.3, 0.4) is 0 Å². The van der Waals surface area contributed by atoms with Crippen molar-refractivity contribution >= 4 is 10.9 Å². The van der Waals surface area contributed by atoms with Crippen LogP contribution in [0.4, 0.5) is 0 Å². The molecule has 15 heavy (non-hydrogen) atoms. The first-order chi connectivity index (χ1) is 7.31. The van der Waals surface area contributed by atoms with Crippen LogP contribution in [0.2, 0.25) is 0 Å². The fraction of sp³-hybridized carbons (Fsp3) is 0.333. The van der Waals surface area contributed by atoms with Crippen molar-refractivity contribution in [1.82, 2.24) is 4.57 Å². The standard InChI is InChI=1S/C12H15NO2/c14-9-11(15)6-8-13-7-5-10-3-1-2-4-12(10)13/h1-5,7,11,14-15H,6,8-9H2. The van der Waals surface area contributed by atoms with E-state index in [1.165, 1.54) is 10.9 Å². The van der Waals surface area contributed by atoms with Crippen molar-refractivity contribution in [2.75, 3.05) is 6.61 Å². The second-order valence-electron chi connectivity index (χ2n) is 3.69. The lowest BCUT2D eigenvalue weighted by Gasteiger charge is -2.08. The molecule has 80 valence electrons. The van der Waals surface area contributed by atoms with E-state index in [4.69, 9.17) is 5.11 Å². The van der Waals surface area contributed by atoms with Gasteiger partial charge >= 0.3 is 0 Å². The van der Waals surface area contributed by atoms with Crippen molar-refractivity contribution in [2.45, 2.75) is 19.1 Å². The third kappa shape index (κ3) is 2.19. The molecule has 2 rings (SSSR count). The summed E-state index contributed by atoms with van der Waals surface area (Å²) in [5.74, 6) is 0. The number of hydrogen-bond acceptors (Lipinski definition) is 2. The van der Waals surface area contributed by atoms with Crippen LogP contribution in [0.1, 0.15) is 6.42 Å². The van der Waals surface area contributed by atoms with Gasteiger partial charge in [-0.25, -0.2) is 0 Å². The largest absolute Gasteiger partial charge is 0.394 e. The van der Waals surface area contributed by atoms with E-state index in [0.717, 1.165) is 6.54 Å². The number of aliphatic hydroxyl groups excluding tert-OH is 2. The van der Waals surface area contributed by atoms with Crippen LogP contribution in [0.5, 0.6) is 0 Å². The molecule has 0 fully saturated rings. The fourth-order valence-electron chi connectivity index (χ4n) is 1.71. The SMILES string of the molecule is OCC(O)CCn1ccc2ccccc21. The molecule has 0 saturated heterocycles. The molecule has 0 bridgehead atoms. The summed E-state index contributed by atoms with van der Waals surface area (Å²) in [4.78, 5) is 0. The molecule has 0 amide bonds. The molecule has 0 spiro atoms. The Labute approximate surface area is 88.6 Å². The van der Waals surface area contributed by atoms with E-state index in [9.17, 15) is 5.11 Å². The third-order valence-corrected chi connectivity index (χ3v) is 2.59. The Morgan fingerprint density at radius 1 is 1.20 bits per heavy atom. The molecule has 3 nitrogen and oxygen atoms in total. The van der Waals surface area contributed by atoms with E-state index >= 15 is 0 Å². The number of fused-ring (bicyclic) bond motifs is 1. The summed E-state index contributed by atoms with van der Waals surface area (Å²) in [5.41, 5.74) is 1.17. The Morgan fingerprint density at radius 2 is 2.00 bits per heavy atom. The Kier molecular flexibility index (Phi) is 3.04. The summed E-state index contributed by atoms with van der Waals surface area (Å²) < 4.78 is 2.09. The molecule has 1 unspecified atom stereocenters. The van der Waals surface area contributed by atoms with Crippen LogP contribution >= 0.6 is 0 Å². The smallest absolute Gasteiger partial charge is 0.0787 e. The number of rotatable bonds is 4. The maximum absolute atomic E-state index is 9.27. The zero-order valence-electron chi connectivity index (χ0n) is 8.50. The number of benzene rings is 1. The van der Waals surface area contributed by atoms with Gasteiger partial charge in [-0.3, -0.25) is 0 Å². The van der Waals surface area contributed by atoms with Crippen LogP contribution in [0, 0.1) is 0 Å². The van der Waals surface area contributed by atoms with Gasteiger partial charge in [-0.2, -0.15) is 0 Å². The van der Waals surface area contributed by atoms with Gasteiger partial charge in [-0.15, -0.1) is 0 Å². The zero-order chi connectivity index (χ0) is 10.7. The van der Waals surface area contributed by atoms with Gasteiger partial charge in [0.15, 0.2) is 0 Å².